The summed E-state index contributed by atoms with van der Waals surface area (Å²) in [6, 6.07) is 9.51. The number of halogens is 1. The Bertz CT molecular complexity index is 1330. The number of aliphatic hydroxyl groups is 2. The van der Waals surface area contributed by atoms with E-state index in [1.165, 1.54) is 34.7 Å². The summed E-state index contributed by atoms with van der Waals surface area (Å²) in [7, 11) is 3.91. The average Bonchev–Trinajstić information content (AvgIpc) is 3.05. The number of nitrogens with zero attached hydrogens (tertiary/aromatic N) is 1. The van der Waals surface area contributed by atoms with Crippen LogP contribution in [-0.4, -0.2) is 108 Å². The number of hydrogen-bond acceptors (Lipinski definition) is 14. The van der Waals surface area contributed by atoms with Crippen LogP contribution in [0.15, 0.2) is 36.4 Å². The molecular formula is C31H42IN3O13. The average molecular weight is 792 g/mol. The standard InChI is InChI=1S/C31H42IN3O13/c1-35(2)8-10-43-12-11-42-9-7-33-29(38)24-14-21(4-6-26(24)46-28-16-23(37)15-27(47-28)30(39)40)18-45-34-48-25-5-3-20(17-36)13-22(25)19-44-31(32)41/h3-6,13-14,23,27-28,34,36-37H,7-12,15-19H2,1-2H3,(H,33,38)(H,39,40). The van der Waals surface area contributed by atoms with Gasteiger partial charge in [-0.1, -0.05) is 12.1 Å². The highest BCUT2D eigenvalue weighted by Gasteiger charge is 2.34. The molecule has 266 valence electrons. The summed E-state index contributed by atoms with van der Waals surface area (Å²) in [5.74, 6) is -1.32. The summed E-state index contributed by atoms with van der Waals surface area (Å²) in [5, 5.41) is 31.7. The van der Waals surface area contributed by atoms with E-state index in [9.17, 15) is 29.7 Å². The number of benzene rings is 2. The highest BCUT2D eigenvalue weighted by atomic mass is 127. The van der Waals surface area contributed by atoms with Crippen LogP contribution in [0.1, 0.15) is 39.9 Å². The summed E-state index contributed by atoms with van der Waals surface area (Å²) < 4.78 is 26.9. The number of nitrogens with one attached hydrogen (secondary N) is 2. The molecule has 2 aromatic rings. The van der Waals surface area contributed by atoms with Crippen molar-refractivity contribution in [3.8, 4) is 11.5 Å². The Morgan fingerprint density at radius 3 is 2.42 bits per heavy atom. The number of aliphatic hydroxyl groups excluding tert-OH is 2. The van der Waals surface area contributed by atoms with Gasteiger partial charge in [-0.25, -0.2) is 9.59 Å². The maximum atomic E-state index is 13.3. The molecule has 3 unspecified atom stereocenters. The van der Waals surface area contributed by atoms with Crippen molar-refractivity contribution in [2.24, 2.45) is 0 Å². The fraction of sp³-hybridized carbons (Fsp3) is 0.516. The van der Waals surface area contributed by atoms with Crippen LogP contribution in [0.25, 0.3) is 0 Å². The van der Waals surface area contributed by atoms with Crippen LogP contribution in [0.2, 0.25) is 0 Å². The molecule has 1 fully saturated rings. The van der Waals surface area contributed by atoms with E-state index in [2.05, 4.69) is 11.0 Å². The first kappa shape index (κ1) is 39.3. The van der Waals surface area contributed by atoms with Gasteiger partial charge in [-0.15, -0.1) is 0 Å². The molecule has 0 saturated carbocycles. The molecule has 16 nitrogen and oxygen atoms in total. The molecule has 1 heterocycles. The minimum absolute atomic E-state index is 0.0136. The highest BCUT2D eigenvalue weighted by Crippen LogP contribution is 2.27. The predicted molar refractivity (Wildman–Crippen MR) is 176 cm³/mol. The molecule has 5 N–H and O–H groups in total. The zero-order valence-corrected chi connectivity index (χ0v) is 28.9. The molecule has 1 saturated heterocycles. The maximum absolute atomic E-state index is 13.3. The van der Waals surface area contributed by atoms with Gasteiger partial charge in [0.1, 0.15) is 12.4 Å². The van der Waals surface area contributed by atoms with Crippen LogP contribution in [0.5, 0.6) is 11.5 Å². The molecular weight excluding hydrogens is 749 g/mol. The van der Waals surface area contributed by atoms with Gasteiger partial charge in [0.2, 0.25) is 6.29 Å². The van der Waals surface area contributed by atoms with E-state index >= 15 is 0 Å². The topological polar surface area (TPSA) is 204 Å². The summed E-state index contributed by atoms with van der Waals surface area (Å²) in [6.45, 7) is 2.23. The van der Waals surface area contributed by atoms with Crippen molar-refractivity contribution < 1.29 is 63.1 Å². The van der Waals surface area contributed by atoms with E-state index in [-0.39, 0.29) is 57.1 Å². The van der Waals surface area contributed by atoms with Crippen molar-refractivity contribution in [2.45, 2.75) is 51.2 Å². The normalized spacial score (nSPS) is 17.6. The highest BCUT2D eigenvalue weighted by molar-refractivity contribution is 14.1. The number of hydrogen-bond donors (Lipinski definition) is 5. The van der Waals surface area contributed by atoms with Crippen molar-refractivity contribution in [1.29, 1.82) is 0 Å². The van der Waals surface area contributed by atoms with E-state index in [0.29, 0.717) is 42.3 Å². The molecule has 3 atom stereocenters. The number of likely N-dealkylation sites (N-methyl/N-ethyl adjacent to an activating group) is 1. The molecule has 1 aliphatic rings. The molecule has 2 aromatic carbocycles. The third-order valence-electron chi connectivity index (χ3n) is 6.77. The Kier molecular flexibility index (Phi) is 17.2. The second-order valence-corrected chi connectivity index (χ2v) is 11.7. The number of carboxylic acid groups (broad SMARTS) is 1. The van der Waals surface area contributed by atoms with Gasteiger partial charge in [-0.3, -0.25) is 9.63 Å². The Morgan fingerprint density at radius 1 is 0.979 bits per heavy atom. The zero-order chi connectivity index (χ0) is 34.9. The van der Waals surface area contributed by atoms with Crippen LogP contribution in [-0.2, 0) is 48.4 Å². The smallest absolute Gasteiger partial charge is 0.367 e. The van der Waals surface area contributed by atoms with Gasteiger partial charge >= 0.3 is 9.95 Å². The van der Waals surface area contributed by atoms with Gasteiger partial charge in [0.05, 0.1) is 73.9 Å². The predicted octanol–water partition coefficient (Wildman–Crippen LogP) is 1.92. The lowest BCUT2D eigenvalue weighted by atomic mass is 10.0. The second-order valence-electron chi connectivity index (χ2n) is 10.9. The summed E-state index contributed by atoms with van der Waals surface area (Å²) in [6.07, 6.45) is -3.39. The van der Waals surface area contributed by atoms with Gasteiger partial charge in [0.15, 0.2) is 11.9 Å². The summed E-state index contributed by atoms with van der Waals surface area (Å²) >= 11 is 1.50. The molecule has 0 aliphatic carbocycles. The Balaban J connectivity index is 1.61. The Morgan fingerprint density at radius 2 is 1.71 bits per heavy atom. The first-order chi connectivity index (χ1) is 23.0. The molecule has 0 radical (unpaired) electrons. The molecule has 0 aromatic heterocycles. The number of carboxylic acids is 1. The van der Waals surface area contributed by atoms with E-state index in [0.717, 1.165) is 6.54 Å². The first-order valence-electron chi connectivity index (χ1n) is 15.1. The minimum Gasteiger partial charge on any atom is -0.479 e. The van der Waals surface area contributed by atoms with E-state index in [4.69, 9.17) is 33.4 Å². The second kappa shape index (κ2) is 21.1. The van der Waals surface area contributed by atoms with Gasteiger partial charge in [-0.05, 0) is 55.1 Å². The van der Waals surface area contributed by atoms with E-state index < -0.39 is 34.4 Å². The lowest BCUT2D eigenvalue weighted by Gasteiger charge is -2.31. The van der Waals surface area contributed by atoms with Gasteiger partial charge < -0.3 is 54.1 Å². The molecule has 0 spiro atoms. The molecule has 1 amide bonds. The van der Waals surface area contributed by atoms with Gasteiger partial charge in [-0.2, -0.15) is 0 Å². The van der Waals surface area contributed by atoms with Crippen LogP contribution >= 0.6 is 22.6 Å². The molecule has 17 heteroatoms. The third-order valence-corrected chi connectivity index (χ3v) is 7.09. The molecule has 3 rings (SSSR count). The summed E-state index contributed by atoms with van der Waals surface area (Å²) in [4.78, 5) is 48.9. The van der Waals surface area contributed by atoms with Crippen molar-refractivity contribution in [2.75, 3.05) is 53.6 Å². The van der Waals surface area contributed by atoms with Crippen molar-refractivity contribution in [3.63, 3.8) is 0 Å². The molecule has 48 heavy (non-hydrogen) atoms. The van der Waals surface area contributed by atoms with Gasteiger partial charge in [0.25, 0.3) is 5.91 Å². The number of amides is 1. The van der Waals surface area contributed by atoms with Crippen molar-refractivity contribution >= 4 is 38.4 Å². The first-order valence-corrected chi connectivity index (χ1v) is 16.2. The Labute approximate surface area is 291 Å². The quantitative estimate of drug-likeness (QED) is 0.0531. The third kappa shape index (κ3) is 14.1. The van der Waals surface area contributed by atoms with Crippen LogP contribution in [0.3, 0.4) is 0 Å². The van der Waals surface area contributed by atoms with Crippen LogP contribution in [0, 0.1) is 0 Å². The van der Waals surface area contributed by atoms with Crippen molar-refractivity contribution in [3.05, 3.63) is 58.7 Å². The van der Waals surface area contributed by atoms with Gasteiger partial charge in [0, 0.05) is 31.5 Å². The lowest BCUT2D eigenvalue weighted by molar-refractivity contribution is -0.195. The van der Waals surface area contributed by atoms with E-state index in [1.54, 1.807) is 24.3 Å². The number of aliphatic carboxylic acids is 1. The number of carbonyl (C=O) groups is 3. The van der Waals surface area contributed by atoms with Crippen LogP contribution < -0.4 is 20.5 Å². The SMILES string of the molecule is CN(C)CCOCCOCCNC(=O)c1cc(CONOc2ccc(CO)cc2COC(=O)I)ccc1OC1CC(O)CC(C(=O)O)O1. The zero-order valence-electron chi connectivity index (χ0n) is 26.7. The number of rotatable bonds is 21. The van der Waals surface area contributed by atoms with Crippen molar-refractivity contribution in [1.82, 2.24) is 15.9 Å². The van der Waals surface area contributed by atoms with E-state index in [1.807, 2.05) is 19.0 Å². The monoisotopic (exact) mass is 791 g/mol. The minimum atomic E-state index is -1.26. The fourth-order valence-corrected chi connectivity index (χ4v) is 4.51. The largest absolute Gasteiger partial charge is 0.479 e. The number of ether oxygens (including phenoxy) is 5. The lowest BCUT2D eigenvalue weighted by Crippen LogP contribution is -2.42. The molecule has 0 bridgehead atoms. The summed E-state index contributed by atoms with van der Waals surface area (Å²) in [5.41, 5.74) is 4.11. The Hall–Kier alpha value is -3.14. The number of carbonyl (C=O) groups excluding carboxylic acids is 2. The fourth-order valence-electron chi connectivity index (χ4n) is 4.35. The molecule has 1 aliphatic heterocycles. The maximum Gasteiger partial charge on any atom is 0.367 e. The van der Waals surface area contributed by atoms with Crippen LogP contribution in [0.4, 0.5) is 4.79 Å².